The van der Waals surface area contributed by atoms with Crippen LogP contribution in [-0.2, 0) is 5.33 Å². The quantitative estimate of drug-likeness (QED) is 0.736. The van der Waals surface area contributed by atoms with E-state index in [-0.39, 0.29) is 0 Å². The van der Waals surface area contributed by atoms with Gasteiger partial charge in [-0.05, 0) is 29.8 Å². The van der Waals surface area contributed by atoms with E-state index in [0.29, 0.717) is 0 Å². The van der Waals surface area contributed by atoms with Gasteiger partial charge in [0.05, 0.1) is 0 Å². The number of alkyl halides is 1. The fraction of sp³-hybridized carbons (Fsp3) is 0.294. The van der Waals surface area contributed by atoms with Gasteiger partial charge in [-0.25, -0.2) is 0 Å². The summed E-state index contributed by atoms with van der Waals surface area (Å²) in [5.41, 5.74) is 3.92. The van der Waals surface area contributed by atoms with Crippen molar-refractivity contribution in [3.8, 4) is 0 Å². The van der Waals surface area contributed by atoms with Crippen LogP contribution in [0, 0.1) is 0 Å². The molecule has 2 nitrogen and oxygen atoms in total. The normalized spacial score (nSPS) is 15.3. The molecule has 2 aromatic rings. The Bertz CT molecular complexity index is 609. The Balaban J connectivity index is 1.70. The molecule has 0 amide bonds. The third-order valence-corrected chi connectivity index (χ3v) is 4.77. The smallest absolute Gasteiger partial charge is 0.0426 e. The summed E-state index contributed by atoms with van der Waals surface area (Å²) in [5, 5.41) is 1.71. The van der Waals surface area contributed by atoms with Crippen LogP contribution in [0.5, 0.6) is 0 Å². The minimum absolute atomic E-state index is 0.805. The van der Waals surface area contributed by atoms with Crippen molar-refractivity contribution in [3.05, 3.63) is 59.1 Å². The first-order chi connectivity index (χ1) is 10.3. The highest BCUT2D eigenvalue weighted by atomic mass is 79.9. The Labute approximate surface area is 139 Å². The maximum atomic E-state index is 6.09. The van der Waals surface area contributed by atoms with Crippen LogP contribution in [0.2, 0.25) is 5.02 Å². The predicted octanol–water partition coefficient (Wildman–Crippen LogP) is 4.56. The summed E-state index contributed by atoms with van der Waals surface area (Å²) in [6.45, 7) is 4.13. The monoisotopic (exact) mass is 364 g/mol. The van der Waals surface area contributed by atoms with E-state index in [9.17, 15) is 0 Å². The fourth-order valence-electron chi connectivity index (χ4n) is 2.81. The van der Waals surface area contributed by atoms with Crippen molar-refractivity contribution in [2.24, 2.45) is 0 Å². The SMILES string of the molecule is Clc1cccc(N2CCN(c3ccccc3CBr)CC2)c1. The summed E-state index contributed by atoms with van der Waals surface area (Å²) in [6, 6.07) is 16.7. The molecule has 0 spiro atoms. The molecule has 0 saturated carbocycles. The second kappa shape index (κ2) is 6.71. The van der Waals surface area contributed by atoms with Crippen LogP contribution in [0.4, 0.5) is 11.4 Å². The number of hydrogen-bond acceptors (Lipinski definition) is 2. The first kappa shape index (κ1) is 14.7. The molecule has 110 valence electrons. The van der Waals surface area contributed by atoms with Gasteiger partial charge in [0, 0.05) is 47.9 Å². The predicted molar refractivity (Wildman–Crippen MR) is 95.0 cm³/mol. The summed E-state index contributed by atoms with van der Waals surface area (Å²) in [6.07, 6.45) is 0. The van der Waals surface area contributed by atoms with Gasteiger partial charge in [0.2, 0.25) is 0 Å². The fourth-order valence-corrected chi connectivity index (χ4v) is 3.47. The van der Waals surface area contributed by atoms with Gasteiger partial charge in [-0.3, -0.25) is 0 Å². The van der Waals surface area contributed by atoms with E-state index in [1.54, 1.807) is 0 Å². The van der Waals surface area contributed by atoms with Crippen LogP contribution < -0.4 is 9.80 Å². The maximum Gasteiger partial charge on any atom is 0.0426 e. The number of anilines is 2. The molecule has 0 unspecified atom stereocenters. The molecule has 0 aromatic heterocycles. The average molecular weight is 366 g/mol. The highest BCUT2D eigenvalue weighted by Crippen LogP contribution is 2.26. The Hall–Kier alpha value is -1.19. The topological polar surface area (TPSA) is 6.48 Å². The summed E-state index contributed by atoms with van der Waals surface area (Å²) < 4.78 is 0. The number of nitrogens with zero attached hydrogens (tertiary/aromatic N) is 2. The molecule has 1 aliphatic heterocycles. The molecule has 0 aliphatic carbocycles. The number of rotatable bonds is 3. The summed E-state index contributed by atoms with van der Waals surface area (Å²) in [4.78, 5) is 4.87. The molecule has 3 rings (SSSR count). The van der Waals surface area contributed by atoms with E-state index >= 15 is 0 Å². The lowest BCUT2D eigenvalue weighted by Crippen LogP contribution is -2.46. The molecule has 0 bridgehead atoms. The van der Waals surface area contributed by atoms with Crippen LogP contribution in [0.25, 0.3) is 0 Å². The van der Waals surface area contributed by atoms with E-state index in [1.165, 1.54) is 16.9 Å². The summed E-state index contributed by atoms with van der Waals surface area (Å²) in [5.74, 6) is 0. The molecule has 4 heteroatoms. The van der Waals surface area contributed by atoms with Crippen molar-refractivity contribution in [1.29, 1.82) is 0 Å². The second-order valence-electron chi connectivity index (χ2n) is 5.22. The average Bonchev–Trinajstić information content (AvgIpc) is 2.55. The van der Waals surface area contributed by atoms with E-state index in [0.717, 1.165) is 36.5 Å². The molecule has 0 N–H and O–H groups in total. The van der Waals surface area contributed by atoms with E-state index in [2.05, 4.69) is 56.1 Å². The van der Waals surface area contributed by atoms with Gasteiger partial charge in [-0.2, -0.15) is 0 Å². The van der Waals surface area contributed by atoms with Gasteiger partial charge in [0.25, 0.3) is 0 Å². The van der Waals surface area contributed by atoms with E-state index in [1.807, 2.05) is 18.2 Å². The molecule has 1 saturated heterocycles. The molecule has 0 radical (unpaired) electrons. The Morgan fingerprint density at radius 1 is 0.905 bits per heavy atom. The van der Waals surface area contributed by atoms with Crippen molar-refractivity contribution in [2.75, 3.05) is 36.0 Å². The van der Waals surface area contributed by atoms with Gasteiger partial charge in [0.1, 0.15) is 0 Å². The van der Waals surface area contributed by atoms with Crippen molar-refractivity contribution in [2.45, 2.75) is 5.33 Å². The second-order valence-corrected chi connectivity index (χ2v) is 6.21. The zero-order chi connectivity index (χ0) is 14.7. The largest absolute Gasteiger partial charge is 0.368 e. The lowest BCUT2D eigenvalue weighted by molar-refractivity contribution is 0.652. The molecule has 1 fully saturated rings. The zero-order valence-electron chi connectivity index (χ0n) is 11.8. The standard InChI is InChI=1S/C17H18BrClN2/c18-13-14-4-1-2-7-17(14)21-10-8-20(9-11-21)16-6-3-5-15(19)12-16/h1-7,12H,8-11,13H2. The molecular weight excluding hydrogens is 348 g/mol. The van der Waals surface area contributed by atoms with E-state index < -0.39 is 0 Å². The van der Waals surface area contributed by atoms with Crippen molar-refractivity contribution >= 4 is 38.9 Å². The van der Waals surface area contributed by atoms with E-state index in [4.69, 9.17) is 11.6 Å². The van der Waals surface area contributed by atoms with Crippen molar-refractivity contribution in [1.82, 2.24) is 0 Å². The third kappa shape index (κ3) is 3.35. The number of hydrogen-bond donors (Lipinski definition) is 0. The minimum Gasteiger partial charge on any atom is -0.368 e. The Kier molecular flexibility index (Phi) is 4.71. The van der Waals surface area contributed by atoms with Gasteiger partial charge < -0.3 is 9.80 Å². The third-order valence-electron chi connectivity index (χ3n) is 3.93. The number of benzene rings is 2. The first-order valence-electron chi connectivity index (χ1n) is 7.17. The molecule has 0 atom stereocenters. The first-order valence-corrected chi connectivity index (χ1v) is 8.67. The van der Waals surface area contributed by atoms with Crippen LogP contribution in [0.3, 0.4) is 0 Å². The number of halogens is 2. The van der Waals surface area contributed by atoms with Crippen molar-refractivity contribution < 1.29 is 0 Å². The molecule has 1 heterocycles. The van der Waals surface area contributed by atoms with Crippen LogP contribution >= 0.6 is 27.5 Å². The van der Waals surface area contributed by atoms with Gasteiger partial charge in [0.15, 0.2) is 0 Å². The lowest BCUT2D eigenvalue weighted by atomic mass is 10.1. The van der Waals surface area contributed by atoms with Gasteiger partial charge in [-0.15, -0.1) is 0 Å². The highest BCUT2D eigenvalue weighted by Gasteiger charge is 2.19. The number of para-hydroxylation sites is 1. The zero-order valence-corrected chi connectivity index (χ0v) is 14.1. The van der Waals surface area contributed by atoms with Gasteiger partial charge >= 0.3 is 0 Å². The molecule has 21 heavy (non-hydrogen) atoms. The van der Waals surface area contributed by atoms with Gasteiger partial charge in [-0.1, -0.05) is 51.8 Å². The lowest BCUT2D eigenvalue weighted by Gasteiger charge is -2.38. The minimum atomic E-state index is 0.805. The maximum absolute atomic E-state index is 6.09. The highest BCUT2D eigenvalue weighted by molar-refractivity contribution is 9.08. The Morgan fingerprint density at radius 3 is 2.33 bits per heavy atom. The van der Waals surface area contributed by atoms with Crippen LogP contribution in [0.15, 0.2) is 48.5 Å². The van der Waals surface area contributed by atoms with Crippen LogP contribution in [-0.4, -0.2) is 26.2 Å². The molecular formula is C17H18BrClN2. The summed E-state index contributed by atoms with van der Waals surface area (Å²) >= 11 is 9.67. The Morgan fingerprint density at radius 2 is 1.62 bits per heavy atom. The molecule has 2 aromatic carbocycles. The summed E-state index contributed by atoms with van der Waals surface area (Å²) in [7, 11) is 0. The van der Waals surface area contributed by atoms with Crippen molar-refractivity contribution in [3.63, 3.8) is 0 Å². The number of piperazine rings is 1. The molecule has 1 aliphatic rings. The van der Waals surface area contributed by atoms with Crippen LogP contribution in [0.1, 0.15) is 5.56 Å².